The molecule has 4 unspecified atom stereocenters. The van der Waals surface area contributed by atoms with E-state index in [1.54, 1.807) is 0 Å². The Hall–Kier alpha value is -1.15. The average molecular weight is 601 g/mol. The molecule has 2 rings (SSSR count). The van der Waals surface area contributed by atoms with E-state index >= 15 is 0 Å². The van der Waals surface area contributed by atoms with Crippen molar-refractivity contribution in [1.82, 2.24) is 20.4 Å². The Morgan fingerprint density at radius 2 is 1.23 bits per heavy atom. The minimum atomic E-state index is -2.64. The number of ether oxygens (including phenoxy) is 1. The second kappa shape index (κ2) is 14.8. The summed E-state index contributed by atoms with van der Waals surface area (Å²) >= 11 is 0. The quantitative estimate of drug-likeness (QED) is 0.404. The number of urea groups is 2. The van der Waals surface area contributed by atoms with Crippen molar-refractivity contribution in [2.75, 3.05) is 51.4 Å². The Morgan fingerprint density at radius 1 is 0.750 bits per heavy atom. The third-order valence-corrected chi connectivity index (χ3v) is 19.5. The van der Waals surface area contributed by atoms with Crippen LogP contribution in [0.2, 0.25) is 16.1 Å². The first kappa shape index (κ1) is 35.1. The van der Waals surface area contributed by atoms with Crippen molar-refractivity contribution >= 4 is 28.7 Å². The Morgan fingerprint density at radius 3 is 1.73 bits per heavy atom. The van der Waals surface area contributed by atoms with E-state index in [9.17, 15) is 9.59 Å². The molecule has 0 aromatic carbocycles. The predicted molar refractivity (Wildman–Crippen MR) is 167 cm³/mol. The maximum absolute atomic E-state index is 13.4. The van der Waals surface area contributed by atoms with E-state index in [1.165, 1.54) is 0 Å². The second-order valence-corrected chi connectivity index (χ2v) is 22.7. The maximum Gasteiger partial charge on any atom is 0.317 e. The van der Waals surface area contributed by atoms with E-state index in [2.05, 4.69) is 66.0 Å². The van der Waals surface area contributed by atoms with E-state index < -0.39 is 16.6 Å². The van der Waals surface area contributed by atoms with E-state index in [-0.39, 0.29) is 34.3 Å². The van der Waals surface area contributed by atoms with Crippen LogP contribution >= 0.6 is 0 Å². The molecule has 2 aliphatic rings. The van der Waals surface area contributed by atoms with Crippen LogP contribution in [-0.2, 0) is 13.6 Å². The molecule has 0 spiro atoms. The van der Waals surface area contributed by atoms with Crippen molar-refractivity contribution in [3.8, 4) is 0 Å². The first-order valence-electron chi connectivity index (χ1n) is 15.6. The van der Waals surface area contributed by atoms with Gasteiger partial charge in [0.15, 0.2) is 0 Å². The van der Waals surface area contributed by atoms with Crippen LogP contribution in [0.25, 0.3) is 0 Å². The minimum absolute atomic E-state index is 0.000859. The van der Waals surface area contributed by atoms with Gasteiger partial charge in [-0.15, -0.1) is 0 Å². The molecule has 0 aromatic heterocycles. The largest absolute Gasteiger partial charge is 0.409 e. The van der Waals surface area contributed by atoms with E-state index in [1.807, 2.05) is 23.6 Å². The van der Waals surface area contributed by atoms with Crippen molar-refractivity contribution in [1.29, 1.82) is 0 Å². The molecule has 2 heterocycles. The number of hydrogen-bond acceptors (Lipinski definition) is 5. The summed E-state index contributed by atoms with van der Waals surface area (Å²) in [5, 5.41) is 6.21. The molecule has 0 saturated carbocycles. The summed E-state index contributed by atoms with van der Waals surface area (Å²) in [5.41, 5.74) is 0. The zero-order valence-electron chi connectivity index (χ0n) is 27.3. The topological polar surface area (TPSA) is 92.4 Å². The molecule has 234 valence electrons. The Kier molecular flexibility index (Phi) is 13.0. The van der Waals surface area contributed by atoms with Crippen molar-refractivity contribution < 1.29 is 23.2 Å². The zero-order valence-corrected chi connectivity index (χ0v) is 29.3. The van der Waals surface area contributed by atoms with Gasteiger partial charge in [0.1, 0.15) is 0 Å². The molecule has 11 heteroatoms. The first-order valence-corrected chi connectivity index (χ1v) is 20.2. The summed E-state index contributed by atoms with van der Waals surface area (Å²) in [4.78, 5) is 30.0. The van der Waals surface area contributed by atoms with Gasteiger partial charge in [-0.25, -0.2) is 9.59 Å². The SMILES string of the molecule is CCN1CCCCCN(CC)C(=O)NC[Si]2(C(C)(C)C)COC[Si](C(C)(C)C)(CCCNC1=O)OC(C)C(C)O2. The summed E-state index contributed by atoms with van der Waals surface area (Å²) in [7, 11) is -5.10. The van der Waals surface area contributed by atoms with Crippen molar-refractivity contribution in [3.63, 3.8) is 0 Å². The average Bonchev–Trinajstić information content (AvgIpc) is 2.91. The maximum atomic E-state index is 13.4. The molecule has 2 N–H and O–H groups in total. The van der Waals surface area contributed by atoms with Gasteiger partial charge in [-0.05, 0) is 69.5 Å². The molecule has 0 radical (unpaired) electrons. The summed E-state index contributed by atoms with van der Waals surface area (Å²) < 4.78 is 20.7. The molecule has 0 aromatic rings. The van der Waals surface area contributed by atoms with Gasteiger partial charge in [0.05, 0.1) is 24.7 Å². The van der Waals surface area contributed by atoms with Crippen LogP contribution in [-0.4, -0.2) is 102 Å². The molecular weight excluding hydrogens is 541 g/mol. The molecular formula is C29H60N4O5Si2. The highest BCUT2D eigenvalue weighted by Gasteiger charge is 2.54. The van der Waals surface area contributed by atoms with Gasteiger partial charge in [-0.2, -0.15) is 0 Å². The highest BCUT2D eigenvalue weighted by molar-refractivity contribution is 6.78. The van der Waals surface area contributed by atoms with E-state index in [4.69, 9.17) is 13.6 Å². The number of hydrogen-bond donors (Lipinski definition) is 2. The lowest BCUT2D eigenvalue weighted by Gasteiger charge is -2.44. The second-order valence-electron chi connectivity index (χ2n) is 13.8. The van der Waals surface area contributed by atoms with Crippen LogP contribution in [0, 0.1) is 0 Å². The number of amides is 4. The molecule has 2 aliphatic heterocycles. The molecule has 4 atom stereocenters. The summed E-state index contributed by atoms with van der Waals surface area (Å²) in [6.07, 6.45) is 5.01. The van der Waals surface area contributed by atoms with Crippen molar-refractivity contribution in [2.24, 2.45) is 0 Å². The molecule has 2 fully saturated rings. The monoisotopic (exact) mass is 600 g/mol. The fraction of sp³-hybridized carbons (Fsp3) is 0.931. The number of nitrogens with zero attached hydrogens (tertiary/aromatic N) is 2. The number of fused-ring (bicyclic) bond motifs is 4. The summed E-state index contributed by atoms with van der Waals surface area (Å²) in [6, 6.07) is 0.856. The molecule has 40 heavy (non-hydrogen) atoms. The molecule has 4 amide bonds. The molecule has 2 bridgehead atoms. The highest BCUT2D eigenvalue weighted by Crippen LogP contribution is 2.44. The fourth-order valence-corrected chi connectivity index (χ4v) is 13.1. The van der Waals surface area contributed by atoms with Gasteiger partial charge in [0.2, 0.25) is 16.6 Å². The van der Waals surface area contributed by atoms with Gasteiger partial charge in [0.25, 0.3) is 0 Å². The number of rotatable bonds is 2. The van der Waals surface area contributed by atoms with Gasteiger partial charge >= 0.3 is 12.1 Å². The van der Waals surface area contributed by atoms with Gasteiger partial charge in [-0.3, -0.25) is 0 Å². The number of nitrogens with one attached hydrogen (secondary N) is 2. The van der Waals surface area contributed by atoms with Crippen LogP contribution in [0.3, 0.4) is 0 Å². The molecule has 0 aliphatic carbocycles. The smallest absolute Gasteiger partial charge is 0.317 e. The van der Waals surface area contributed by atoms with Gasteiger partial charge < -0.3 is 34.0 Å². The predicted octanol–water partition coefficient (Wildman–Crippen LogP) is 5.57. The van der Waals surface area contributed by atoms with Crippen LogP contribution in [0.5, 0.6) is 0 Å². The van der Waals surface area contributed by atoms with Crippen LogP contribution in [0.15, 0.2) is 0 Å². The van der Waals surface area contributed by atoms with Crippen LogP contribution in [0.4, 0.5) is 9.59 Å². The zero-order chi connectivity index (χ0) is 30.2. The summed E-state index contributed by atoms with van der Waals surface area (Å²) in [6.45, 7) is 25.1. The first-order chi connectivity index (χ1) is 18.6. The number of carbonyl (C=O) groups is 2. The Labute approximate surface area is 246 Å². The lowest BCUT2D eigenvalue weighted by Crippen LogP contribution is -2.62. The Balaban J connectivity index is 2.44. The van der Waals surface area contributed by atoms with Gasteiger partial charge in [-0.1, -0.05) is 41.5 Å². The Bertz CT molecular complexity index is 821. The third-order valence-electron chi connectivity index (χ3n) is 9.14. The molecule has 2 saturated heterocycles. The van der Waals surface area contributed by atoms with Crippen molar-refractivity contribution in [2.45, 2.75) is 123 Å². The fourth-order valence-electron chi connectivity index (χ4n) is 5.60. The third kappa shape index (κ3) is 8.93. The lowest BCUT2D eigenvalue weighted by molar-refractivity contribution is 0.0559. The van der Waals surface area contributed by atoms with Gasteiger partial charge in [0, 0.05) is 38.9 Å². The van der Waals surface area contributed by atoms with Crippen LogP contribution in [0.1, 0.15) is 94.9 Å². The van der Waals surface area contributed by atoms with Crippen LogP contribution < -0.4 is 10.6 Å². The lowest BCUT2D eigenvalue weighted by atomic mass is 10.2. The minimum Gasteiger partial charge on any atom is -0.409 e. The van der Waals surface area contributed by atoms with E-state index in [0.717, 1.165) is 38.3 Å². The number of carbonyl (C=O) groups excluding carboxylic acids is 2. The standard InChI is InChI=1S/C29H60N4O5Si2/c1-11-32-18-14-13-15-19-33(12-2)27(35)31-21-40(29(8,9)10)23-36-22-39(28(5,6)7,20-16-17-30-26(32)34)37-24(3)25(4)38-40/h24-25H,11-23H2,1-10H3,(H,30,34)(H,31,35). The normalized spacial score (nSPS) is 31.6. The summed E-state index contributed by atoms with van der Waals surface area (Å²) in [5.74, 6) is 0. The molecule has 9 nitrogen and oxygen atoms in total. The van der Waals surface area contributed by atoms with E-state index in [0.29, 0.717) is 44.8 Å². The highest BCUT2D eigenvalue weighted by atomic mass is 28.4. The van der Waals surface area contributed by atoms with Crippen molar-refractivity contribution in [3.05, 3.63) is 0 Å².